The molecule has 0 aliphatic rings. The number of methoxy groups -OCH3 is 4. The van der Waals surface area contributed by atoms with Crippen LogP contribution >= 0.6 is 0 Å². The minimum absolute atomic E-state index is 0.192. The highest BCUT2D eigenvalue weighted by Crippen LogP contribution is 2.20. The molecular formula is C15H23NO9. The van der Waals surface area contributed by atoms with Gasteiger partial charge >= 0.3 is 23.9 Å². The van der Waals surface area contributed by atoms with Crippen LogP contribution in [0.15, 0.2) is 0 Å². The molecule has 0 aliphatic carbocycles. The average molecular weight is 361 g/mol. The summed E-state index contributed by atoms with van der Waals surface area (Å²) in [5.41, 5.74) is 0. The highest BCUT2D eigenvalue weighted by Gasteiger charge is 2.42. The number of rotatable bonds is 9. The Morgan fingerprint density at radius 2 is 1.24 bits per heavy atom. The van der Waals surface area contributed by atoms with E-state index < -0.39 is 47.7 Å². The molecule has 2 atom stereocenters. The fourth-order valence-electron chi connectivity index (χ4n) is 2.07. The van der Waals surface area contributed by atoms with Crippen molar-refractivity contribution >= 4 is 29.8 Å². The van der Waals surface area contributed by atoms with Gasteiger partial charge in [-0.25, -0.2) is 4.79 Å². The first-order valence-corrected chi connectivity index (χ1v) is 7.33. The Morgan fingerprint density at radius 1 is 0.760 bits per heavy atom. The van der Waals surface area contributed by atoms with E-state index in [0.717, 1.165) is 21.3 Å². The van der Waals surface area contributed by atoms with Crippen LogP contribution < -0.4 is 5.32 Å². The first-order valence-electron chi connectivity index (χ1n) is 7.33. The predicted octanol–water partition coefficient (Wildman–Crippen LogP) is -0.804. The maximum Gasteiger partial charge on any atom is 0.328 e. The molecule has 25 heavy (non-hydrogen) atoms. The van der Waals surface area contributed by atoms with Crippen molar-refractivity contribution in [3.8, 4) is 0 Å². The summed E-state index contributed by atoms with van der Waals surface area (Å²) in [5, 5.41) is 2.35. The second-order valence-corrected chi connectivity index (χ2v) is 5.03. The molecule has 0 aromatic heterocycles. The molecule has 142 valence electrons. The van der Waals surface area contributed by atoms with Gasteiger partial charge in [0.25, 0.3) is 0 Å². The van der Waals surface area contributed by atoms with Gasteiger partial charge in [0, 0.05) is 12.3 Å². The summed E-state index contributed by atoms with van der Waals surface area (Å²) < 4.78 is 18.1. The van der Waals surface area contributed by atoms with Gasteiger partial charge in [-0.3, -0.25) is 19.2 Å². The summed E-state index contributed by atoms with van der Waals surface area (Å²) in [6.07, 6.45) is -0.434. The topological polar surface area (TPSA) is 134 Å². The Kier molecular flexibility index (Phi) is 9.83. The van der Waals surface area contributed by atoms with E-state index in [1.165, 1.54) is 14.0 Å². The van der Waals surface area contributed by atoms with E-state index in [4.69, 9.17) is 0 Å². The number of esters is 4. The van der Waals surface area contributed by atoms with Gasteiger partial charge < -0.3 is 24.3 Å². The molecule has 0 bridgehead atoms. The number of hydrogen-bond donors (Lipinski definition) is 1. The molecule has 0 radical (unpaired) electrons. The Morgan fingerprint density at radius 3 is 1.64 bits per heavy atom. The molecule has 1 N–H and O–H groups in total. The van der Waals surface area contributed by atoms with E-state index in [1.807, 2.05) is 0 Å². The van der Waals surface area contributed by atoms with Gasteiger partial charge in [0.05, 0.1) is 34.9 Å². The number of hydrogen-bond acceptors (Lipinski definition) is 9. The lowest BCUT2D eigenvalue weighted by molar-refractivity contribution is -0.163. The summed E-state index contributed by atoms with van der Waals surface area (Å²) >= 11 is 0. The molecule has 0 spiro atoms. The zero-order valence-electron chi connectivity index (χ0n) is 14.8. The Balaban J connectivity index is 5.31. The van der Waals surface area contributed by atoms with Crippen molar-refractivity contribution in [2.24, 2.45) is 11.8 Å². The Hall–Kier alpha value is -2.65. The highest BCUT2D eigenvalue weighted by molar-refractivity contribution is 5.96. The third-order valence-electron chi connectivity index (χ3n) is 3.52. The molecule has 10 nitrogen and oxygen atoms in total. The van der Waals surface area contributed by atoms with E-state index in [2.05, 4.69) is 24.3 Å². The molecule has 0 aromatic carbocycles. The molecular weight excluding hydrogens is 338 g/mol. The van der Waals surface area contributed by atoms with Crippen molar-refractivity contribution in [1.82, 2.24) is 5.32 Å². The normalized spacial score (nSPS) is 12.6. The predicted molar refractivity (Wildman–Crippen MR) is 81.9 cm³/mol. The molecule has 0 fully saturated rings. The summed E-state index contributed by atoms with van der Waals surface area (Å²) in [6, 6.07) is -1.32. The maximum atomic E-state index is 12.0. The summed E-state index contributed by atoms with van der Waals surface area (Å²) in [4.78, 5) is 58.7. The van der Waals surface area contributed by atoms with Gasteiger partial charge in [0.1, 0.15) is 6.04 Å². The quantitative estimate of drug-likeness (QED) is 0.318. The van der Waals surface area contributed by atoms with Crippen LogP contribution in [0.2, 0.25) is 0 Å². The van der Waals surface area contributed by atoms with Crippen LogP contribution in [0.5, 0.6) is 0 Å². The third kappa shape index (κ3) is 6.77. The largest absolute Gasteiger partial charge is 0.469 e. The number of amides is 1. The summed E-state index contributed by atoms with van der Waals surface area (Å²) in [5.74, 6) is -6.42. The molecule has 10 heteroatoms. The first kappa shape index (κ1) is 22.4. The van der Waals surface area contributed by atoms with Crippen LogP contribution in [-0.4, -0.2) is 64.3 Å². The number of ether oxygens (including phenoxy) is 4. The lowest BCUT2D eigenvalue weighted by Gasteiger charge is -2.27. The molecule has 0 unspecified atom stereocenters. The Bertz CT molecular complexity index is 501. The summed E-state index contributed by atoms with van der Waals surface area (Å²) in [6.45, 7) is 1.39. The minimum atomic E-state index is -1.44. The Labute approximate surface area is 145 Å². The smallest absolute Gasteiger partial charge is 0.328 e. The summed E-state index contributed by atoms with van der Waals surface area (Å²) in [7, 11) is 4.42. The number of carbonyl (C=O) groups is 5. The number of carbonyl (C=O) groups excluding carboxylic acids is 5. The molecule has 0 heterocycles. The van der Waals surface area contributed by atoms with Gasteiger partial charge in [-0.2, -0.15) is 0 Å². The van der Waals surface area contributed by atoms with E-state index in [0.29, 0.717) is 0 Å². The SMILES string of the molecule is COC(=O)CCC(=O)N[C@H](C(=O)OC)[C@H](C)C(C(=O)OC)C(=O)OC. The molecule has 0 aromatic rings. The van der Waals surface area contributed by atoms with Gasteiger partial charge in [0.15, 0.2) is 5.92 Å². The average Bonchev–Trinajstić information content (AvgIpc) is 2.62. The van der Waals surface area contributed by atoms with Gasteiger partial charge in [-0.15, -0.1) is 0 Å². The second-order valence-electron chi connectivity index (χ2n) is 5.03. The van der Waals surface area contributed by atoms with Crippen molar-refractivity contribution < 1.29 is 42.9 Å². The van der Waals surface area contributed by atoms with Crippen molar-refractivity contribution in [3.05, 3.63) is 0 Å². The van der Waals surface area contributed by atoms with Crippen LogP contribution in [0.25, 0.3) is 0 Å². The monoisotopic (exact) mass is 361 g/mol. The first-order chi connectivity index (χ1) is 11.7. The molecule has 0 aliphatic heterocycles. The highest BCUT2D eigenvalue weighted by atomic mass is 16.5. The maximum absolute atomic E-state index is 12.0. The van der Waals surface area contributed by atoms with E-state index in [9.17, 15) is 24.0 Å². The van der Waals surface area contributed by atoms with Crippen LogP contribution in [0.4, 0.5) is 0 Å². The fraction of sp³-hybridized carbons (Fsp3) is 0.667. The van der Waals surface area contributed by atoms with E-state index >= 15 is 0 Å². The van der Waals surface area contributed by atoms with Crippen LogP contribution in [0, 0.1) is 11.8 Å². The van der Waals surface area contributed by atoms with E-state index in [-0.39, 0.29) is 12.8 Å². The van der Waals surface area contributed by atoms with Crippen molar-refractivity contribution in [2.45, 2.75) is 25.8 Å². The van der Waals surface area contributed by atoms with Crippen LogP contribution in [0.3, 0.4) is 0 Å². The molecule has 0 saturated carbocycles. The second kappa shape index (κ2) is 11.0. The number of nitrogens with one attached hydrogen (secondary N) is 1. The van der Waals surface area contributed by atoms with Crippen molar-refractivity contribution in [1.29, 1.82) is 0 Å². The fourth-order valence-corrected chi connectivity index (χ4v) is 2.07. The lowest BCUT2D eigenvalue weighted by Crippen LogP contribution is -2.51. The molecule has 0 rings (SSSR count). The zero-order chi connectivity index (χ0) is 19.6. The zero-order valence-corrected chi connectivity index (χ0v) is 14.8. The van der Waals surface area contributed by atoms with Gasteiger partial charge in [0.2, 0.25) is 5.91 Å². The van der Waals surface area contributed by atoms with Gasteiger partial charge in [-0.05, 0) is 0 Å². The molecule has 0 saturated heterocycles. The standard InChI is InChI=1S/C15H23NO9/c1-8(11(13(19)23-3)14(20)24-4)12(15(21)25-5)16-9(17)6-7-10(18)22-2/h8,11-12H,6-7H2,1-5H3,(H,16,17)/t8-,12+/m1/s1. The van der Waals surface area contributed by atoms with Crippen molar-refractivity contribution in [2.75, 3.05) is 28.4 Å². The minimum Gasteiger partial charge on any atom is -0.469 e. The third-order valence-corrected chi connectivity index (χ3v) is 3.52. The molecule has 1 amide bonds. The van der Waals surface area contributed by atoms with Gasteiger partial charge in [-0.1, -0.05) is 6.92 Å². The van der Waals surface area contributed by atoms with E-state index in [1.54, 1.807) is 0 Å². The van der Waals surface area contributed by atoms with Crippen LogP contribution in [0.1, 0.15) is 19.8 Å². The van der Waals surface area contributed by atoms with Crippen LogP contribution in [-0.2, 0) is 42.9 Å². The lowest BCUT2D eigenvalue weighted by atomic mass is 9.87. The van der Waals surface area contributed by atoms with Crippen molar-refractivity contribution in [3.63, 3.8) is 0 Å².